The van der Waals surface area contributed by atoms with E-state index in [9.17, 15) is 24.1 Å². The number of amides is 2. The molecule has 0 aliphatic carbocycles. The smallest absolute Gasteiger partial charge is 0.267 e. The van der Waals surface area contributed by atoms with Crippen LogP contribution in [-0.4, -0.2) is 16.7 Å². The molecule has 2 rings (SSSR count). The number of carbonyl (C=O) groups is 2. The first kappa shape index (κ1) is 16.0. The lowest BCUT2D eigenvalue weighted by Crippen LogP contribution is -2.41. The maximum absolute atomic E-state index is 13.2. The molecule has 1 aromatic carbocycles. The molecule has 0 aliphatic heterocycles. The van der Waals surface area contributed by atoms with Crippen LogP contribution in [0.4, 0.5) is 10.1 Å². The number of nitro groups is 1. The normalized spacial score (nSPS) is 10.1. The maximum Gasteiger partial charge on any atom is 0.305 e. The molecule has 0 unspecified atom stereocenters. The van der Waals surface area contributed by atoms with Gasteiger partial charge in [0.05, 0.1) is 13.6 Å². The minimum Gasteiger partial charge on any atom is -0.267 e. The average Bonchev–Trinajstić information content (AvgIpc) is 2.91. The number of rotatable bonds is 3. The van der Waals surface area contributed by atoms with Crippen molar-refractivity contribution in [1.29, 1.82) is 0 Å². The summed E-state index contributed by atoms with van der Waals surface area (Å²) in [5, 5.41) is 10.6. The monoisotopic (exact) mass is 387 g/mol. The quantitative estimate of drug-likeness (QED) is 0.624. The van der Waals surface area contributed by atoms with E-state index in [4.69, 9.17) is 0 Å². The first-order valence-corrected chi connectivity index (χ1v) is 7.29. The number of hydrazine groups is 1. The Morgan fingerprint density at radius 1 is 1.18 bits per heavy atom. The molecule has 2 N–H and O–H groups in total. The average molecular weight is 388 g/mol. The van der Waals surface area contributed by atoms with E-state index in [1.165, 1.54) is 11.3 Å². The number of halogens is 2. The third kappa shape index (κ3) is 3.65. The van der Waals surface area contributed by atoms with Crippen LogP contribution in [0.5, 0.6) is 0 Å². The standard InChI is InChI=1S/C12H7BrFN3O4S/c13-10-4-3-9(22-10)12(19)16-15-11(18)6-1-2-7(14)8(5-6)17(20)21/h1-5H,(H,15,18)(H,16,19). The van der Waals surface area contributed by atoms with E-state index in [0.29, 0.717) is 4.88 Å². The molecule has 2 amide bonds. The Labute approximate surface area is 135 Å². The summed E-state index contributed by atoms with van der Waals surface area (Å²) >= 11 is 4.36. The molecule has 1 aromatic heterocycles. The minimum atomic E-state index is -1.05. The predicted octanol–water partition coefficient (Wildman–Crippen LogP) is 2.63. The van der Waals surface area contributed by atoms with Crippen LogP contribution >= 0.6 is 27.3 Å². The lowest BCUT2D eigenvalue weighted by atomic mass is 10.2. The fraction of sp³-hybridized carbons (Fsp3) is 0. The van der Waals surface area contributed by atoms with Crippen LogP contribution in [0, 0.1) is 15.9 Å². The van der Waals surface area contributed by atoms with Gasteiger partial charge in [0.1, 0.15) is 0 Å². The predicted molar refractivity (Wildman–Crippen MR) is 80.0 cm³/mol. The number of carbonyl (C=O) groups excluding carboxylic acids is 2. The summed E-state index contributed by atoms with van der Waals surface area (Å²) in [4.78, 5) is 33.5. The lowest BCUT2D eigenvalue weighted by Gasteiger charge is -2.06. The van der Waals surface area contributed by atoms with Crippen LogP contribution in [0.1, 0.15) is 20.0 Å². The van der Waals surface area contributed by atoms with E-state index in [0.717, 1.165) is 22.0 Å². The number of benzene rings is 1. The van der Waals surface area contributed by atoms with E-state index >= 15 is 0 Å². The van der Waals surface area contributed by atoms with E-state index in [-0.39, 0.29) is 5.56 Å². The summed E-state index contributed by atoms with van der Waals surface area (Å²) in [6.07, 6.45) is 0. The van der Waals surface area contributed by atoms with Gasteiger partial charge in [0.15, 0.2) is 0 Å². The second-order valence-electron chi connectivity index (χ2n) is 3.94. The third-order valence-electron chi connectivity index (χ3n) is 2.49. The Balaban J connectivity index is 2.05. The van der Waals surface area contributed by atoms with Crippen molar-refractivity contribution in [3.63, 3.8) is 0 Å². The van der Waals surface area contributed by atoms with Crippen LogP contribution in [0.25, 0.3) is 0 Å². The van der Waals surface area contributed by atoms with Crippen molar-refractivity contribution in [2.45, 2.75) is 0 Å². The summed E-state index contributed by atoms with van der Waals surface area (Å²) in [6.45, 7) is 0. The van der Waals surface area contributed by atoms with Gasteiger partial charge in [0, 0.05) is 11.6 Å². The van der Waals surface area contributed by atoms with Crippen LogP contribution < -0.4 is 10.9 Å². The van der Waals surface area contributed by atoms with Crippen LogP contribution in [0.2, 0.25) is 0 Å². The summed E-state index contributed by atoms with van der Waals surface area (Å²) in [5.41, 5.74) is 3.29. The topological polar surface area (TPSA) is 101 Å². The molecule has 1 heterocycles. The largest absolute Gasteiger partial charge is 0.305 e. The van der Waals surface area contributed by atoms with Crippen molar-refractivity contribution in [2.75, 3.05) is 0 Å². The first-order valence-electron chi connectivity index (χ1n) is 5.68. The molecule has 0 fully saturated rings. The van der Waals surface area contributed by atoms with Crippen molar-refractivity contribution in [2.24, 2.45) is 0 Å². The second kappa shape index (κ2) is 6.62. The molecule has 0 aliphatic rings. The number of nitro benzene ring substituents is 1. The SMILES string of the molecule is O=C(NNC(=O)c1ccc(Br)s1)c1ccc(F)c([N+](=O)[O-])c1. The van der Waals surface area contributed by atoms with Crippen LogP contribution in [0.15, 0.2) is 34.1 Å². The van der Waals surface area contributed by atoms with Gasteiger partial charge in [-0.3, -0.25) is 30.6 Å². The van der Waals surface area contributed by atoms with Crippen LogP contribution in [-0.2, 0) is 0 Å². The maximum atomic E-state index is 13.2. The minimum absolute atomic E-state index is 0.152. The lowest BCUT2D eigenvalue weighted by molar-refractivity contribution is -0.387. The van der Waals surface area contributed by atoms with Gasteiger partial charge in [0.25, 0.3) is 11.8 Å². The molecule has 22 heavy (non-hydrogen) atoms. The molecular weight excluding hydrogens is 381 g/mol. The highest BCUT2D eigenvalue weighted by molar-refractivity contribution is 9.11. The van der Waals surface area contributed by atoms with E-state index in [2.05, 4.69) is 26.8 Å². The van der Waals surface area contributed by atoms with E-state index in [1.807, 2.05) is 0 Å². The molecule has 0 atom stereocenters. The van der Waals surface area contributed by atoms with Crippen molar-refractivity contribution in [3.8, 4) is 0 Å². The molecule has 0 saturated heterocycles. The number of nitrogens with one attached hydrogen (secondary N) is 2. The Morgan fingerprint density at radius 2 is 1.86 bits per heavy atom. The molecule has 0 spiro atoms. The summed E-state index contributed by atoms with van der Waals surface area (Å²) in [5.74, 6) is -2.39. The molecule has 7 nitrogen and oxygen atoms in total. The van der Waals surface area contributed by atoms with Crippen molar-refractivity contribution in [3.05, 3.63) is 60.5 Å². The second-order valence-corrected chi connectivity index (χ2v) is 6.40. The fourth-order valence-corrected chi connectivity index (χ4v) is 2.76. The van der Waals surface area contributed by atoms with Crippen molar-refractivity contribution in [1.82, 2.24) is 10.9 Å². The van der Waals surface area contributed by atoms with Gasteiger partial charge in [-0.05, 0) is 40.2 Å². The highest BCUT2D eigenvalue weighted by Gasteiger charge is 2.18. The highest BCUT2D eigenvalue weighted by atomic mass is 79.9. The number of hydrogen-bond donors (Lipinski definition) is 2. The molecule has 0 radical (unpaired) electrons. The number of hydrogen-bond acceptors (Lipinski definition) is 5. The summed E-state index contributed by atoms with van der Waals surface area (Å²) in [6, 6.07) is 5.90. The zero-order chi connectivity index (χ0) is 16.3. The molecular formula is C12H7BrFN3O4S. The number of thiophene rings is 1. The molecule has 114 valence electrons. The Kier molecular flexibility index (Phi) is 4.83. The molecule has 10 heteroatoms. The van der Waals surface area contributed by atoms with Crippen molar-refractivity contribution >= 4 is 44.8 Å². The first-order chi connectivity index (χ1) is 10.4. The van der Waals surface area contributed by atoms with Gasteiger partial charge in [0.2, 0.25) is 5.82 Å². The zero-order valence-electron chi connectivity index (χ0n) is 10.6. The van der Waals surface area contributed by atoms with Gasteiger partial charge >= 0.3 is 5.69 Å². The Hall–Kier alpha value is -2.33. The van der Waals surface area contributed by atoms with Gasteiger partial charge in [-0.25, -0.2) is 0 Å². The Bertz CT molecular complexity index is 765. The fourth-order valence-electron chi connectivity index (χ4n) is 1.48. The van der Waals surface area contributed by atoms with Gasteiger partial charge < -0.3 is 0 Å². The van der Waals surface area contributed by atoms with Crippen molar-refractivity contribution < 1.29 is 18.9 Å². The number of nitrogens with zero attached hydrogens (tertiary/aromatic N) is 1. The zero-order valence-corrected chi connectivity index (χ0v) is 13.0. The van der Waals surface area contributed by atoms with E-state index < -0.39 is 28.2 Å². The van der Waals surface area contributed by atoms with Gasteiger partial charge in [-0.2, -0.15) is 4.39 Å². The molecule has 2 aromatic rings. The Morgan fingerprint density at radius 3 is 2.45 bits per heavy atom. The highest BCUT2D eigenvalue weighted by Crippen LogP contribution is 2.21. The van der Waals surface area contributed by atoms with E-state index in [1.54, 1.807) is 12.1 Å². The summed E-state index contributed by atoms with van der Waals surface area (Å²) < 4.78 is 13.9. The third-order valence-corrected chi connectivity index (χ3v) is 4.11. The van der Waals surface area contributed by atoms with Gasteiger partial charge in [-0.1, -0.05) is 0 Å². The molecule has 0 saturated carbocycles. The summed E-state index contributed by atoms with van der Waals surface area (Å²) in [7, 11) is 0. The van der Waals surface area contributed by atoms with Gasteiger partial charge in [-0.15, -0.1) is 11.3 Å². The molecule has 0 bridgehead atoms. The van der Waals surface area contributed by atoms with Crippen LogP contribution in [0.3, 0.4) is 0 Å².